The summed E-state index contributed by atoms with van der Waals surface area (Å²) < 4.78 is 7.44. The minimum absolute atomic E-state index is 0.183. The largest absolute Gasteiger partial charge is 0.492 e. The predicted octanol–water partition coefficient (Wildman–Crippen LogP) is 3.86. The summed E-state index contributed by atoms with van der Waals surface area (Å²) in [5.74, 6) is 0.480. The van der Waals surface area contributed by atoms with E-state index in [4.69, 9.17) is 4.74 Å². The molecule has 2 aromatic heterocycles. The first-order valence-corrected chi connectivity index (χ1v) is 8.15. The fraction of sp³-hybridized carbons (Fsp3) is 0.263. The molecule has 1 amide bonds. The van der Waals surface area contributed by atoms with Crippen LogP contribution in [0.2, 0.25) is 0 Å². The number of carbonyl (C=O) groups is 1. The average molecular weight is 323 g/mol. The molecule has 0 unspecified atom stereocenters. The molecular formula is C19H21N3O2. The summed E-state index contributed by atoms with van der Waals surface area (Å²) in [7, 11) is 0. The molecule has 0 saturated heterocycles. The van der Waals surface area contributed by atoms with Crippen LogP contribution in [0.3, 0.4) is 0 Å². The van der Waals surface area contributed by atoms with Crippen LogP contribution in [-0.2, 0) is 6.42 Å². The standard InChI is InChI=1S/C19H21N3O2/c1-4-14-17(22-12-8-9-13(3)18(22)20-14)19(23)21-15-10-6-7-11-16(15)24-5-2/h6-12H,4-5H2,1-3H3,(H,21,23). The summed E-state index contributed by atoms with van der Waals surface area (Å²) in [5.41, 5.74) is 3.88. The maximum Gasteiger partial charge on any atom is 0.274 e. The molecule has 3 aromatic rings. The number of nitrogens with zero attached hydrogens (tertiary/aromatic N) is 2. The fourth-order valence-corrected chi connectivity index (χ4v) is 2.77. The maximum absolute atomic E-state index is 12.9. The number of carbonyl (C=O) groups excluding carboxylic acids is 1. The topological polar surface area (TPSA) is 55.6 Å². The Hall–Kier alpha value is -2.82. The zero-order chi connectivity index (χ0) is 17.1. The molecule has 0 saturated carbocycles. The van der Waals surface area contributed by atoms with E-state index in [0.717, 1.165) is 16.9 Å². The number of amides is 1. The summed E-state index contributed by atoms with van der Waals surface area (Å²) in [5, 5.41) is 2.96. The Bertz CT molecular complexity index is 883. The van der Waals surface area contributed by atoms with Gasteiger partial charge in [0.2, 0.25) is 0 Å². The van der Waals surface area contributed by atoms with Crippen molar-refractivity contribution in [3.8, 4) is 5.75 Å². The summed E-state index contributed by atoms with van der Waals surface area (Å²) in [6.07, 6.45) is 2.56. The van der Waals surface area contributed by atoms with Gasteiger partial charge in [-0.2, -0.15) is 0 Å². The number of para-hydroxylation sites is 2. The number of hydrogen-bond donors (Lipinski definition) is 1. The van der Waals surface area contributed by atoms with Gasteiger partial charge in [-0.05, 0) is 44.0 Å². The van der Waals surface area contributed by atoms with Gasteiger partial charge in [-0.3, -0.25) is 9.20 Å². The molecular weight excluding hydrogens is 302 g/mol. The lowest BCUT2D eigenvalue weighted by Gasteiger charge is -2.11. The lowest BCUT2D eigenvalue weighted by Crippen LogP contribution is -2.17. The monoisotopic (exact) mass is 323 g/mol. The van der Waals surface area contributed by atoms with E-state index < -0.39 is 0 Å². The van der Waals surface area contributed by atoms with E-state index in [1.54, 1.807) is 0 Å². The number of aryl methyl sites for hydroxylation is 2. The molecule has 0 radical (unpaired) electrons. The molecule has 5 heteroatoms. The van der Waals surface area contributed by atoms with Crippen LogP contribution in [0.15, 0.2) is 42.6 Å². The second-order valence-electron chi connectivity index (χ2n) is 5.53. The summed E-state index contributed by atoms with van der Waals surface area (Å²) in [4.78, 5) is 17.5. The molecule has 0 spiro atoms. The Labute approximate surface area is 141 Å². The molecule has 24 heavy (non-hydrogen) atoms. The fourth-order valence-electron chi connectivity index (χ4n) is 2.77. The number of ether oxygens (including phenoxy) is 1. The van der Waals surface area contributed by atoms with Crippen LogP contribution in [0.25, 0.3) is 5.65 Å². The summed E-state index contributed by atoms with van der Waals surface area (Å²) in [6, 6.07) is 11.4. The van der Waals surface area contributed by atoms with Crippen molar-refractivity contribution in [1.29, 1.82) is 0 Å². The van der Waals surface area contributed by atoms with Gasteiger partial charge in [-0.15, -0.1) is 0 Å². The number of anilines is 1. The van der Waals surface area contributed by atoms with Crippen molar-refractivity contribution in [2.45, 2.75) is 27.2 Å². The number of aromatic nitrogens is 2. The quantitative estimate of drug-likeness (QED) is 0.776. The van der Waals surface area contributed by atoms with Crippen molar-refractivity contribution in [2.75, 3.05) is 11.9 Å². The van der Waals surface area contributed by atoms with E-state index in [-0.39, 0.29) is 5.91 Å². The Morgan fingerprint density at radius 2 is 2.00 bits per heavy atom. The highest BCUT2D eigenvalue weighted by atomic mass is 16.5. The highest BCUT2D eigenvalue weighted by Gasteiger charge is 2.20. The highest BCUT2D eigenvalue weighted by Crippen LogP contribution is 2.25. The third-order valence-electron chi connectivity index (χ3n) is 3.90. The smallest absolute Gasteiger partial charge is 0.274 e. The highest BCUT2D eigenvalue weighted by molar-refractivity contribution is 6.05. The minimum Gasteiger partial charge on any atom is -0.492 e. The molecule has 3 rings (SSSR count). The molecule has 0 bridgehead atoms. The number of rotatable bonds is 5. The summed E-state index contributed by atoms with van der Waals surface area (Å²) in [6.45, 7) is 6.46. The SMILES string of the molecule is CCOc1ccccc1NC(=O)c1c(CC)nc2c(C)cccn12. The minimum atomic E-state index is -0.183. The zero-order valence-electron chi connectivity index (χ0n) is 14.2. The lowest BCUT2D eigenvalue weighted by molar-refractivity contribution is 0.102. The lowest BCUT2D eigenvalue weighted by atomic mass is 10.2. The van der Waals surface area contributed by atoms with E-state index in [1.807, 2.05) is 67.8 Å². The Balaban J connectivity index is 2.02. The molecule has 0 aliphatic carbocycles. The first-order chi connectivity index (χ1) is 11.7. The van der Waals surface area contributed by atoms with Gasteiger partial charge in [0, 0.05) is 6.20 Å². The van der Waals surface area contributed by atoms with Gasteiger partial charge in [0.15, 0.2) is 0 Å². The van der Waals surface area contributed by atoms with E-state index in [2.05, 4.69) is 10.3 Å². The van der Waals surface area contributed by atoms with Crippen LogP contribution in [0.1, 0.15) is 35.6 Å². The van der Waals surface area contributed by atoms with E-state index in [0.29, 0.717) is 30.2 Å². The van der Waals surface area contributed by atoms with Crippen molar-refractivity contribution in [3.05, 3.63) is 59.5 Å². The Kier molecular flexibility index (Phi) is 4.51. The Morgan fingerprint density at radius 1 is 1.21 bits per heavy atom. The number of hydrogen-bond acceptors (Lipinski definition) is 3. The van der Waals surface area contributed by atoms with Crippen LogP contribution < -0.4 is 10.1 Å². The molecule has 124 valence electrons. The molecule has 2 heterocycles. The van der Waals surface area contributed by atoms with Gasteiger partial charge < -0.3 is 10.1 Å². The second-order valence-corrected chi connectivity index (χ2v) is 5.53. The molecule has 1 aromatic carbocycles. The zero-order valence-corrected chi connectivity index (χ0v) is 14.2. The van der Waals surface area contributed by atoms with Gasteiger partial charge in [0.05, 0.1) is 18.0 Å². The predicted molar refractivity (Wildman–Crippen MR) is 94.9 cm³/mol. The van der Waals surface area contributed by atoms with Crippen LogP contribution >= 0.6 is 0 Å². The maximum atomic E-state index is 12.9. The van der Waals surface area contributed by atoms with Crippen molar-refractivity contribution < 1.29 is 9.53 Å². The number of nitrogens with one attached hydrogen (secondary N) is 1. The van der Waals surface area contributed by atoms with Crippen molar-refractivity contribution in [2.24, 2.45) is 0 Å². The van der Waals surface area contributed by atoms with Crippen LogP contribution in [0, 0.1) is 6.92 Å². The average Bonchev–Trinajstić information content (AvgIpc) is 2.97. The van der Waals surface area contributed by atoms with Crippen molar-refractivity contribution in [3.63, 3.8) is 0 Å². The van der Waals surface area contributed by atoms with Gasteiger partial charge in [0.25, 0.3) is 5.91 Å². The molecule has 0 fully saturated rings. The van der Waals surface area contributed by atoms with Crippen molar-refractivity contribution >= 4 is 17.2 Å². The van der Waals surface area contributed by atoms with Gasteiger partial charge in [0.1, 0.15) is 17.1 Å². The van der Waals surface area contributed by atoms with Gasteiger partial charge >= 0.3 is 0 Å². The van der Waals surface area contributed by atoms with E-state index in [1.165, 1.54) is 0 Å². The van der Waals surface area contributed by atoms with Crippen LogP contribution in [0.5, 0.6) is 5.75 Å². The molecule has 0 aliphatic rings. The Morgan fingerprint density at radius 3 is 2.75 bits per heavy atom. The molecule has 5 nitrogen and oxygen atoms in total. The third-order valence-corrected chi connectivity index (χ3v) is 3.90. The first kappa shape index (κ1) is 16.1. The van der Waals surface area contributed by atoms with E-state index in [9.17, 15) is 4.79 Å². The normalized spacial score (nSPS) is 10.8. The van der Waals surface area contributed by atoms with Crippen molar-refractivity contribution in [1.82, 2.24) is 9.38 Å². The summed E-state index contributed by atoms with van der Waals surface area (Å²) >= 11 is 0. The number of fused-ring (bicyclic) bond motifs is 1. The number of imidazole rings is 1. The number of benzene rings is 1. The molecule has 1 N–H and O–H groups in total. The second kappa shape index (κ2) is 6.74. The van der Waals surface area contributed by atoms with Gasteiger partial charge in [-0.25, -0.2) is 4.98 Å². The van der Waals surface area contributed by atoms with Crippen LogP contribution in [-0.4, -0.2) is 21.9 Å². The molecule has 0 atom stereocenters. The third kappa shape index (κ3) is 2.85. The van der Waals surface area contributed by atoms with E-state index >= 15 is 0 Å². The van der Waals surface area contributed by atoms with Crippen LogP contribution in [0.4, 0.5) is 5.69 Å². The molecule has 0 aliphatic heterocycles. The first-order valence-electron chi connectivity index (χ1n) is 8.15. The van der Waals surface area contributed by atoms with Gasteiger partial charge in [-0.1, -0.05) is 25.1 Å². The number of pyridine rings is 1.